The largest absolute Gasteiger partial charge is 0.484 e. The molecule has 7 nitrogen and oxygen atoms in total. The summed E-state index contributed by atoms with van der Waals surface area (Å²) in [5, 5.41) is 17.1. The number of hydrogen-bond acceptors (Lipinski definition) is 6. The highest BCUT2D eigenvalue weighted by Crippen LogP contribution is 2.19. The Morgan fingerprint density at radius 1 is 1.48 bits per heavy atom. The summed E-state index contributed by atoms with van der Waals surface area (Å²) in [5.74, 6) is 0.309. The van der Waals surface area contributed by atoms with E-state index in [0.717, 1.165) is 23.6 Å². The quantitative estimate of drug-likeness (QED) is 0.794. The summed E-state index contributed by atoms with van der Waals surface area (Å²) in [6.07, 6.45) is -0.0617. The Bertz CT molecular complexity index is 776. The third-order valence-corrected chi connectivity index (χ3v) is 4.74. The first-order valence-corrected chi connectivity index (χ1v) is 8.92. The molecule has 8 heteroatoms. The SMILES string of the molecule is Cc1noc(C)c1CN1CC[C@@H](NC(=O)COc2cccc(F)c2)[C@H](O)C1. The number of amides is 1. The van der Waals surface area contributed by atoms with Gasteiger partial charge in [0.05, 0.1) is 17.8 Å². The maximum Gasteiger partial charge on any atom is 0.258 e. The van der Waals surface area contributed by atoms with Crippen LogP contribution >= 0.6 is 0 Å². The zero-order chi connectivity index (χ0) is 19.4. The molecule has 1 amide bonds. The second kappa shape index (κ2) is 8.49. The van der Waals surface area contributed by atoms with Crippen molar-refractivity contribution in [1.82, 2.24) is 15.4 Å². The van der Waals surface area contributed by atoms with E-state index in [0.29, 0.717) is 25.3 Å². The van der Waals surface area contributed by atoms with Crippen molar-refractivity contribution in [2.45, 2.75) is 39.0 Å². The molecule has 2 atom stereocenters. The number of aliphatic hydroxyl groups is 1. The molecule has 0 bridgehead atoms. The number of aliphatic hydroxyl groups excluding tert-OH is 1. The fraction of sp³-hybridized carbons (Fsp3) is 0.474. The molecule has 27 heavy (non-hydrogen) atoms. The first kappa shape index (κ1) is 19.3. The molecule has 0 spiro atoms. The molecule has 2 N–H and O–H groups in total. The molecular weight excluding hydrogens is 353 g/mol. The molecule has 146 valence electrons. The van der Waals surface area contributed by atoms with Gasteiger partial charge >= 0.3 is 0 Å². The van der Waals surface area contributed by atoms with Crippen LogP contribution in [0.5, 0.6) is 5.75 Å². The Morgan fingerprint density at radius 2 is 2.30 bits per heavy atom. The number of nitrogens with one attached hydrogen (secondary N) is 1. The minimum absolute atomic E-state index is 0.227. The van der Waals surface area contributed by atoms with Gasteiger partial charge in [0.2, 0.25) is 0 Å². The average Bonchev–Trinajstić information content (AvgIpc) is 2.94. The van der Waals surface area contributed by atoms with Crippen molar-refractivity contribution in [2.24, 2.45) is 0 Å². The minimum Gasteiger partial charge on any atom is -0.484 e. The van der Waals surface area contributed by atoms with Crippen LogP contribution in [0.1, 0.15) is 23.4 Å². The van der Waals surface area contributed by atoms with Crippen LogP contribution in [0.4, 0.5) is 4.39 Å². The second-order valence-corrected chi connectivity index (χ2v) is 6.81. The van der Waals surface area contributed by atoms with Crippen LogP contribution in [-0.4, -0.2) is 52.9 Å². The molecule has 2 aromatic rings. The lowest BCUT2D eigenvalue weighted by Crippen LogP contribution is -2.54. The number of piperidine rings is 1. The molecule has 0 saturated carbocycles. The van der Waals surface area contributed by atoms with Gasteiger partial charge in [-0.25, -0.2) is 4.39 Å². The van der Waals surface area contributed by atoms with Gasteiger partial charge in [-0.1, -0.05) is 11.2 Å². The van der Waals surface area contributed by atoms with E-state index in [2.05, 4.69) is 15.4 Å². The summed E-state index contributed by atoms with van der Waals surface area (Å²) in [4.78, 5) is 14.2. The number of aromatic nitrogens is 1. The van der Waals surface area contributed by atoms with Crippen molar-refractivity contribution in [2.75, 3.05) is 19.7 Å². The molecule has 1 aromatic carbocycles. The van der Waals surface area contributed by atoms with E-state index in [1.807, 2.05) is 13.8 Å². The van der Waals surface area contributed by atoms with Crippen molar-refractivity contribution >= 4 is 5.91 Å². The Morgan fingerprint density at radius 3 is 2.96 bits per heavy atom. The molecule has 0 unspecified atom stereocenters. The van der Waals surface area contributed by atoms with Gasteiger partial charge in [0.1, 0.15) is 17.3 Å². The highest BCUT2D eigenvalue weighted by Gasteiger charge is 2.29. The zero-order valence-electron chi connectivity index (χ0n) is 15.4. The molecule has 1 fully saturated rings. The van der Waals surface area contributed by atoms with Crippen molar-refractivity contribution in [3.8, 4) is 5.75 Å². The highest BCUT2D eigenvalue weighted by atomic mass is 19.1. The van der Waals surface area contributed by atoms with Crippen molar-refractivity contribution < 1.29 is 23.6 Å². The molecule has 0 aliphatic carbocycles. The number of aryl methyl sites for hydroxylation is 2. The molecule has 3 rings (SSSR count). The van der Waals surface area contributed by atoms with Gasteiger partial charge in [0.25, 0.3) is 5.91 Å². The predicted octanol–water partition coefficient (Wildman–Crippen LogP) is 1.56. The Kier molecular flexibility index (Phi) is 6.08. The zero-order valence-corrected chi connectivity index (χ0v) is 15.4. The van der Waals surface area contributed by atoms with E-state index in [4.69, 9.17) is 9.26 Å². The van der Waals surface area contributed by atoms with E-state index < -0.39 is 11.9 Å². The topological polar surface area (TPSA) is 87.8 Å². The Labute approximate surface area is 157 Å². The van der Waals surface area contributed by atoms with Crippen LogP contribution in [0, 0.1) is 19.7 Å². The molecular formula is C19H24FN3O4. The number of nitrogens with zero attached hydrogens (tertiary/aromatic N) is 2. The van der Waals surface area contributed by atoms with E-state index in [-0.39, 0.29) is 18.6 Å². The predicted molar refractivity (Wildman–Crippen MR) is 95.7 cm³/mol. The number of hydrogen-bond donors (Lipinski definition) is 2. The fourth-order valence-electron chi connectivity index (χ4n) is 3.21. The standard InChI is InChI=1S/C19H24FN3O4/c1-12-16(13(2)27-22-12)9-23-7-6-17(18(24)10-23)21-19(25)11-26-15-5-3-4-14(20)8-15/h3-5,8,17-18,24H,6-7,9-11H2,1-2H3,(H,21,25)/t17-,18-/m1/s1. The minimum atomic E-state index is -0.683. The van der Waals surface area contributed by atoms with Crippen molar-refractivity contribution in [3.63, 3.8) is 0 Å². The monoisotopic (exact) mass is 377 g/mol. The molecule has 1 aliphatic rings. The van der Waals surface area contributed by atoms with Crippen LogP contribution in [0.25, 0.3) is 0 Å². The lowest BCUT2D eigenvalue weighted by atomic mass is 10.0. The molecule has 1 aliphatic heterocycles. The van der Waals surface area contributed by atoms with E-state index >= 15 is 0 Å². The number of rotatable bonds is 6. The lowest BCUT2D eigenvalue weighted by Gasteiger charge is -2.36. The third-order valence-electron chi connectivity index (χ3n) is 4.74. The summed E-state index contributed by atoms with van der Waals surface area (Å²) < 4.78 is 23.6. The van der Waals surface area contributed by atoms with Crippen LogP contribution in [0.15, 0.2) is 28.8 Å². The van der Waals surface area contributed by atoms with E-state index in [9.17, 15) is 14.3 Å². The van der Waals surface area contributed by atoms with Gasteiger partial charge in [-0.15, -0.1) is 0 Å². The number of β-amino-alcohol motifs (C(OH)–C–C–N with tert-alkyl or cyclic N) is 1. The molecule has 0 radical (unpaired) electrons. The van der Waals surface area contributed by atoms with Gasteiger partial charge in [-0.05, 0) is 32.4 Å². The van der Waals surface area contributed by atoms with Gasteiger partial charge < -0.3 is 19.7 Å². The molecule has 1 saturated heterocycles. The van der Waals surface area contributed by atoms with Crippen LogP contribution < -0.4 is 10.1 Å². The first-order valence-electron chi connectivity index (χ1n) is 8.92. The molecule has 2 heterocycles. The summed E-state index contributed by atoms with van der Waals surface area (Å²) in [5.41, 5.74) is 1.89. The van der Waals surface area contributed by atoms with Gasteiger partial charge in [0, 0.05) is 31.3 Å². The number of halogens is 1. The van der Waals surface area contributed by atoms with Crippen LogP contribution in [0.2, 0.25) is 0 Å². The van der Waals surface area contributed by atoms with Crippen molar-refractivity contribution in [1.29, 1.82) is 0 Å². The van der Waals surface area contributed by atoms with Gasteiger partial charge in [0.15, 0.2) is 6.61 Å². The molecule has 1 aromatic heterocycles. The smallest absolute Gasteiger partial charge is 0.258 e. The number of likely N-dealkylation sites (tertiary alicyclic amines) is 1. The Hall–Kier alpha value is -2.45. The van der Waals surface area contributed by atoms with E-state index in [1.54, 1.807) is 6.07 Å². The number of carbonyl (C=O) groups excluding carboxylic acids is 1. The second-order valence-electron chi connectivity index (χ2n) is 6.81. The fourth-order valence-corrected chi connectivity index (χ4v) is 3.21. The summed E-state index contributed by atoms with van der Waals surface area (Å²) in [6.45, 7) is 5.37. The number of carbonyl (C=O) groups is 1. The maximum atomic E-state index is 13.1. The maximum absolute atomic E-state index is 13.1. The highest BCUT2D eigenvalue weighted by molar-refractivity contribution is 5.77. The van der Waals surface area contributed by atoms with E-state index in [1.165, 1.54) is 18.2 Å². The Balaban J connectivity index is 1.46. The number of ether oxygens (including phenoxy) is 1. The average molecular weight is 377 g/mol. The summed E-state index contributed by atoms with van der Waals surface area (Å²) in [6, 6.07) is 5.28. The van der Waals surface area contributed by atoms with Gasteiger partial charge in [-0.2, -0.15) is 0 Å². The summed E-state index contributed by atoms with van der Waals surface area (Å²) >= 11 is 0. The number of benzene rings is 1. The third kappa shape index (κ3) is 5.05. The lowest BCUT2D eigenvalue weighted by molar-refractivity contribution is -0.125. The normalized spacial score (nSPS) is 20.4. The van der Waals surface area contributed by atoms with Gasteiger partial charge in [-0.3, -0.25) is 9.69 Å². The van der Waals surface area contributed by atoms with Crippen LogP contribution in [-0.2, 0) is 11.3 Å². The first-order chi connectivity index (χ1) is 12.9. The summed E-state index contributed by atoms with van der Waals surface area (Å²) in [7, 11) is 0. The van der Waals surface area contributed by atoms with Crippen molar-refractivity contribution in [3.05, 3.63) is 47.1 Å². The van der Waals surface area contributed by atoms with Crippen LogP contribution in [0.3, 0.4) is 0 Å².